The van der Waals surface area contributed by atoms with Crippen molar-refractivity contribution in [1.29, 1.82) is 0 Å². The van der Waals surface area contributed by atoms with E-state index in [1.807, 2.05) is 31.6 Å². The highest BCUT2D eigenvalue weighted by atomic mass is 79.9. The fourth-order valence-corrected chi connectivity index (χ4v) is 2.56. The monoisotopic (exact) mass is 324 g/mol. The Balaban J connectivity index is 2.36. The largest absolute Gasteiger partial charge is 0.496 e. The van der Waals surface area contributed by atoms with Gasteiger partial charge in [0.2, 0.25) is 0 Å². The molecular formula is C13H17BrN4O. The van der Waals surface area contributed by atoms with Crippen molar-refractivity contribution < 1.29 is 4.74 Å². The smallest absolute Gasteiger partial charge is 0.128 e. The maximum Gasteiger partial charge on any atom is 0.128 e. The molecule has 0 N–H and O–H groups in total. The lowest BCUT2D eigenvalue weighted by molar-refractivity contribution is 0.406. The summed E-state index contributed by atoms with van der Waals surface area (Å²) in [7, 11) is 1.68. The number of aryl methyl sites for hydroxylation is 1. The Kier molecular flexibility index (Phi) is 4.19. The summed E-state index contributed by atoms with van der Waals surface area (Å²) < 4.78 is 7.28. The first-order valence-corrected chi connectivity index (χ1v) is 7.14. The highest BCUT2D eigenvalue weighted by Gasteiger charge is 2.13. The molecule has 0 atom stereocenters. The van der Waals surface area contributed by atoms with Gasteiger partial charge in [-0.15, -0.1) is 5.10 Å². The molecule has 2 heterocycles. The molecule has 6 heteroatoms. The maximum absolute atomic E-state index is 5.42. The predicted octanol–water partition coefficient (Wildman–Crippen LogP) is 2.55. The van der Waals surface area contributed by atoms with Crippen molar-refractivity contribution in [2.45, 2.75) is 32.6 Å². The minimum atomic E-state index is 0.605. The summed E-state index contributed by atoms with van der Waals surface area (Å²) in [6.07, 6.45) is 1.83. The van der Waals surface area contributed by atoms with E-state index < -0.39 is 0 Å². The molecule has 5 nitrogen and oxygen atoms in total. The van der Waals surface area contributed by atoms with Gasteiger partial charge in [-0.25, -0.2) is 4.68 Å². The average Bonchev–Trinajstić information content (AvgIpc) is 2.74. The lowest BCUT2D eigenvalue weighted by atomic mass is 10.1. The summed E-state index contributed by atoms with van der Waals surface area (Å²) in [4.78, 5) is 4.48. The van der Waals surface area contributed by atoms with E-state index in [1.165, 1.54) is 0 Å². The lowest BCUT2D eigenvalue weighted by Gasteiger charge is -2.12. The predicted molar refractivity (Wildman–Crippen MR) is 76.8 cm³/mol. The number of hydrogen-bond acceptors (Lipinski definition) is 4. The average molecular weight is 325 g/mol. The minimum Gasteiger partial charge on any atom is -0.496 e. The van der Waals surface area contributed by atoms with Crippen LogP contribution in [0.5, 0.6) is 5.75 Å². The molecule has 102 valence electrons. The van der Waals surface area contributed by atoms with Crippen LogP contribution in [-0.2, 0) is 11.9 Å². The number of rotatable bonds is 4. The van der Waals surface area contributed by atoms with Crippen LogP contribution in [0.2, 0.25) is 0 Å². The van der Waals surface area contributed by atoms with Gasteiger partial charge < -0.3 is 4.74 Å². The molecule has 2 aromatic rings. The third-order valence-electron chi connectivity index (χ3n) is 3.25. The zero-order chi connectivity index (χ0) is 14.0. The summed E-state index contributed by atoms with van der Waals surface area (Å²) in [5, 5.41) is 8.99. The van der Waals surface area contributed by atoms with E-state index in [-0.39, 0.29) is 0 Å². The van der Waals surface area contributed by atoms with E-state index in [0.29, 0.717) is 11.9 Å². The maximum atomic E-state index is 5.42. The van der Waals surface area contributed by atoms with Gasteiger partial charge in [0.15, 0.2) is 0 Å². The summed E-state index contributed by atoms with van der Waals surface area (Å²) >= 11 is 3.40. The van der Waals surface area contributed by atoms with Crippen molar-refractivity contribution in [3.05, 3.63) is 34.4 Å². The normalized spacial score (nSPS) is 10.8. The Morgan fingerprint density at radius 1 is 1.26 bits per heavy atom. The van der Waals surface area contributed by atoms with Crippen molar-refractivity contribution in [3.8, 4) is 5.75 Å². The van der Waals surface area contributed by atoms with E-state index in [4.69, 9.17) is 4.74 Å². The molecule has 0 unspecified atom stereocenters. The summed E-state index contributed by atoms with van der Waals surface area (Å²) in [6, 6.07) is 0. The Bertz CT molecular complexity index is 595. The standard InChI is InChI=1S/C13H17BrN4O/c1-8-6-15-12(9(2)13(8)19-4)7-18-10(3)11(5-14)16-17-18/h6H,5,7H2,1-4H3. The van der Waals surface area contributed by atoms with Crippen LogP contribution in [0.3, 0.4) is 0 Å². The van der Waals surface area contributed by atoms with Gasteiger partial charge in [0.1, 0.15) is 5.75 Å². The number of ether oxygens (including phenoxy) is 1. The van der Waals surface area contributed by atoms with Crippen LogP contribution < -0.4 is 4.74 Å². The second-order valence-corrected chi connectivity index (χ2v) is 5.02. The zero-order valence-corrected chi connectivity index (χ0v) is 13.2. The fourth-order valence-electron chi connectivity index (χ4n) is 2.04. The molecule has 2 rings (SSSR count). The van der Waals surface area contributed by atoms with Gasteiger partial charge in [0, 0.05) is 22.7 Å². The summed E-state index contributed by atoms with van der Waals surface area (Å²) in [5.74, 6) is 0.892. The number of hydrogen-bond donors (Lipinski definition) is 0. The Hall–Kier alpha value is -1.43. The first kappa shape index (κ1) is 14.0. The molecule has 0 aliphatic carbocycles. The summed E-state index contributed by atoms with van der Waals surface area (Å²) in [6.45, 7) is 6.63. The number of aromatic nitrogens is 4. The van der Waals surface area contributed by atoms with Gasteiger partial charge in [-0.3, -0.25) is 4.98 Å². The third kappa shape index (κ3) is 2.63. The van der Waals surface area contributed by atoms with Gasteiger partial charge in [-0.1, -0.05) is 21.1 Å². The van der Waals surface area contributed by atoms with Crippen LogP contribution in [-0.4, -0.2) is 27.1 Å². The molecule has 0 amide bonds. The first-order valence-electron chi connectivity index (χ1n) is 6.02. The van der Waals surface area contributed by atoms with E-state index >= 15 is 0 Å². The Morgan fingerprint density at radius 3 is 2.58 bits per heavy atom. The van der Waals surface area contributed by atoms with Gasteiger partial charge in [-0.2, -0.15) is 0 Å². The number of halogens is 1. The highest BCUT2D eigenvalue weighted by molar-refractivity contribution is 9.08. The van der Waals surface area contributed by atoms with Gasteiger partial charge in [0.05, 0.1) is 30.7 Å². The van der Waals surface area contributed by atoms with Crippen LogP contribution in [0.25, 0.3) is 0 Å². The van der Waals surface area contributed by atoms with Crippen LogP contribution in [0.1, 0.15) is 28.2 Å². The minimum absolute atomic E-state index is 0.605. The fraction of sp³-hybridized carbons (Fsp3) is 0.462. The molecule has 2 aromatic heterocycles. The lowest BCUT2D eigenvalue weighted by Crippen LogP contribution is -2.09. The van der Waals surface area contributed by atoms with Crippen molar-refractivity contribution >= 4 is 15.9 Å². The highest BCUT2D eigenvalue weighted by Crippen LogP contribution is 2.24. The topological polar surface area (TPSA) is 52.8 Å². The Labute approximate surface area is 121 Å². The summed E-state index contributed by atoms with van der Waals surface area (Å²) in [5.41, 5.74) is 5.06. The van der Waals surface area contributed by atoms with Crippen LogP contribution in [0.15, 0.2) is 6.20 Å². The molecule has 0 bridgehead atoms. The van der Waals surface area contributed by atoms with Crippen molar-refractivity contribution in [2.24, 2.45) is 0 Å². The van der Waals surface area contributed by atoms with Gasteiger partial charge in [0.25, 0.3) is 0 Å². The molecule has 0 radical (unpaired) electrons. The number of alkyl halides is 1. The Morgan fingerprint density at radius 2 is 2.00 bits per heavy atom. The van der Waals surface area contributed by atoms with Crippen molar-refractivity contribution in [3.63, 3.8) is 0 Å². The number of pyridine rings is 1. The second-order valence-electron chi connectivity index (χ2n) is 4.46. The van der Waals surface area contributed by atoms with E-state index in [2.05, 4.69) is 31.2 Å². The van der Waals surface area contributed by atoms with Gasteiger partial charge >= 0.3 is 0 Å². The molecule has 0 aromatic carbocycles. The van der Waals surface area contributed by atoms with E-state index in [0.717, 1.165) is 34.0 Å². The number of methoxy groups -OCH3 is 1. The van der Waals surface area contributed by atoms with Crippen molar-refractivity contribution in [1.82, 2.24) is 20.0 Å². The number of nitrogens with zero attached hydrogens (tertiary/aromatic N) is 4. The molecule has 0 spiro atoms. The quantitative estimate of drug-likeness (QED) is 0.811. The second kappa shape index (κ2) is 5.69. The van der Waals surface area contributed by atoms with E-state index in [1.54, 1.807) is 7.11 Å². The zero-order valence-electron chi connectivity index (χ0n) is 11.6. The molecule has 0 saturated carbocycles. The van der Waals surface area contributed by atoms with Gasteiger partial charge in [-0.05, 0) is 20.8 Å². The third-order valence-corrected chi connectivity index (χ3v) is 3.79. The molecule has 0 fully saturated rings. The first-order chi connectivity index (χ1) is 9.08. The van der Waals surface area contributed by atoms with Crippen LogP contribution in [0.4, 0.5) is 0 Å². The SMILES string of the molecule is COc1c(C)cnc(Cn2nnc(CBr)c2C)c1C. The molecule has 0 aliphatic heterocycles. The molecule has 0 saturated heterocycles. The molecule has 19 heavy (non-hydrogen) atoms. The van der Waals surface area contributed by atoms with Crippen LogP contribution >= 0.6 is 15.9 Å². The molecular weight excluding hydrogens is 308 g/mol. The van der Waals surface area contributed by atoms with Crippen LogP contribution in [0, 0.1) is 20.8 Å². The van der Waals surface area contributed by atoms with E-state index in [9.17, 15) is 0 Å². The molecule has 0 aliphatic rings. The van der Waals surface area contributed by atoms with Crippen molar-refractivity contribution in [2.75, 3.05) is 7.11 Å².